The molecule has 0 heterocycles. The Kier molecular flexibility index (Phi) is 6.42. The number of hydrogen-bond acceptors (Lipinski definition) is 4. The van der Waals surface area contributed by atoms with Gasteiger partial charge in [0.2, 0.25) is 0 Å². The normalized spacial score (nSPS) is 10.8. The van der Waals surface area contributed by atoms with Crippen LogP contribution in [-0.2, 0) is 9.47 Å². The second kappa shape index (κ2) is 7.58. The molecule has 0 aromatic heterocycles. The summed E-state index contributed by atoms with van der Waals surface area (Å²) in [6.07, 6.45) is 0. The fourth-order valence-corrected chi connectivity index (χ4v) is 1.78. The van der Waals surface area contributed by atoms with Gasteiger partial charge in [-0.2, -0.15) is 0 Å². The number of carbonyl (C=O) groups is 1. The Bertz CT molecular complexity index is 427. The number of esters is 1. The minimum absolute atomic E-state index is 0.186. The second-order valence-corrected chi connectivity index (χ2v) is 5.27. The van der Waals surface area contributed by atoms with Crippen LogP contribution in [0.4, 0.5) is 5.69 Å². The molecule has 0 radical (unpaired) electrons. The van der Waals surface area contributed by atoms with Gasteiger partial charge in [0.25, 0.3) is 0 Å². The highest BCUT2D eigenvalue weighted by Crippen LogP contribution is 2.29. The van der Waals surface area contributed by atoms with Gasteiger partial charge in [0.05, 0.1) is 27.9 Å². The lowest BCUT2D eigenvalue weighted by Crippen LogP contribution is -2.13. The highest BCUT2D eigenvalue weighted by Gasteiger charge is 2.12. The van der Waals surface area contributed by atoms with E-state index in [0.717, 1.165) is 0 Å². The van der Waals surface area contributed by atoms with Crippen molar-refractivity contribution in [1.29, 1.82) is 0 Å². The minimum atomic E-state index is -0.503. The third-order valence-electron chi connectivity index (χ3n) is 2.23. The average molecular weight is 306 g/mol. The van der Waals surface area contributed by atoms with Gasteiger partial charge >= 0.3 is 5.97 Å². The Morgan fingerprint density at radius 1 is 1.26 bits per heavy atom. The van der Waals surface area contributed by atoms with Crippen LogP contribution in [-0.4, -0.2) is 25.8 Å². The number of hydrogen-bond donors (Lipinski definition) is 1. The molecule has 0 aliphatic heterocycles. The number of benzene rings is 1. The predicted molar refractivity (Wildman–Crippen MR) is 76.8 cm³/mol. The maximum absolute atomic E-state index is 11.7. The van der Waals surface area contributed by atoms with Crippen molar-refractivity contribution in [3.8, 4) is 0 Å². The number of rotatable bonds is 6. The van der Waals surface area contributed by atoms with Crippen LogP contribution in [0.2, 0.25) is 10.0 Å². The van der Waals surface area contributed by atoms with E-state index in [1.165, 1.54) is 12.1 Å². The van der Waals surface area contributed by atoms with E-state index in [0.29, 0.717) is 19.1 Å². The molecule has 0 amide bonds. The molecule has 1 aromatic rings. The van der Waals surface area contributed by atoms with Crippen molar-refractivity contribution in [2.24, 2.45) is 5.92 Å². The van der Waals surface area contributed by atoms with Gasteiger partial charge in [0.1, 0.15) is 6.61 Å². The second-order valence-electron chi connectivity index (χ2n) is 4.46. The minimum Gasteiger partial charge on any atom is -0.460 e. The van der Waals surface area contributed by atoms with Gasteiger partial charge in [-0.3, -0.25) is 0 Å². The molecule has 0 spiro atoms. The standard InChI is InChI=1S/C13H17Cl2NO3/c1-8(2)7-18-3-4-19-13(17)9-5-10(14)12(16)11(15)6-9/h5-6,8H,3-4,7,16H2,1-2H3. The molecule has 0 aliphatic carbocycles. The molecule has 2 N–H and O–H groups in total. The number of ether oxygens (including phenoxy) is 2. The van der Waals surface area contributed by atoms with Gasteiger partial charge in [-0.25, -0.2) is 4.79 Å². The van der Waals surface area contributed by atoms with E-state index in [2.05, 4.69) is 0 Å². The van der Waals surface area contributed by atoms with Crippen molar-refractivity contribution < 1.29 is 14.3 Å². The summed E-state index contributed by atoms with van der Waals surface area (Å²) < 4.78 is 10.3. The van der Waals surface area contributed by atoms with E-state index in [1.54, 1.807) is 0 Å². The molecule has 0 unspecified atom stereocenters. The van der Waals surface area contributed by atoms with E-state index in [4.69, 9.17) is 38.4 Å². The highest BCUT2D eigenvalue weighted by atomic mass is 35.5. The van der Waals surface area contributed by atoms with Gasteiger partial charge in [-0.1, -0.05) is 37.0 Å². The first-order valence-corrected chi connectivity index (χ1v) is 6.66. The molecular weight excluding hydrogens is 289 g/mol. The van der Waals surface area contributed by atoms with Gasteiger partial charge in [0.15, 0.2) is 0 Å². The first kappa shape index (κ1) is 16.1. The Balaban J connectivity index is 2.46. The molecule has 19 heavy (non-hydrogen) atoms. The van der Waals surface area contributed by atoms with Crippen LogP contribution in [0.1, 0.15) is 24.2 Å². The van der Waals surface area contributed by atoms with E-state index in [1.807, 2.05) is 13.8 Å². The third-order valence-corrected chi connectivity index (χ3v) is 2.85. The van der Waals surface area contributed by atoms with E-state index in [-0.39, 0.29) is 27.9 Å². The Morgan fingerprint density at radius 2 is 1.84 bits per heavy atom. The summed E-state index contributed by atoms with van der Waals surface area (Å²) in [7, 11) is 0. The highest BCUT2D eigenvalue weighted by molar-refractivity contribution is 6.39. The Hall–Kier alpha value is -0.970. The smallest absolute Gasteiger partial charge is 0.338 e. The number of nitrogen functional groups attached to an aromatic ring is 1. The quantitative estimate of drug-likeness (QED) is 0.497. The van der Waals surface area contributed by atoms with E-state index >= 15 is 0 Å². The number of anilines is 1. The van der Waals surface area contributed by atoms with Gasteiger partial charge in [-0.15, -0.1) is 0 Å². The van der Waals surface area contributed by atoms with Crippen LogP contribution in [0.15, 0.2) is 12.1 Å². The SMILES string of the molecule is CC(C)COCCOC(=O)c1cc(Cl)c(N)c(Cl)c1. The van der Waals surface area contributed by atoms with Crippen molar-refractivity contribution in [3.63, 3.8) is 0 Å². The van der Waals surface area contributed by atoms with Crippen LogP contribution in [0, 0.1) is 5.92 Å². The van der Waals surface area contributed by atoms with Crippen molar-refractivity contribution in [3.05, 3.63) is 27.7 Å². The molecular formula is C13H17Cl2NO3. The summed E-state index contributed by atoms with van der Waals surface area (Å²) >= 11 is 11.7. The maximum Gasteiger partial charge on any atom is 0.338 e. The van der Waals surface area contributed by atoms with Crippen LogP contribution in [0.5, 0.6) is 0 Å². The summed E-state index contributed by atoms with van der Waals surface area (Å²) in [6, 6.07) is 2.86. The van der Waals surface area contributed by atoms with Crippen molar-refractivity contribution >= 4 is 34.9 Å². The number of carbonyl (C=O) groups excluding carboxylic acids is 1. The van der Waals surface area contributed by atoms with Gasteiger partial charge < -0.3 is 15.2 Å². The lowest BCUT2D eigenvalue weighted by Gasteiger charge is -2.09. The Morgan fingerprint density at radius 3 is 2.37 bits per heavy atom. The average Bonchev–Trinajstić information content (AvgIpc) is 2.34. The van der Waals surface area contributed by atoms with Crippen LogP contribution in [0.25, 0.3) is 0 Å². The monoisotopic (exact) mass is 305 g/mol. The molecule has 0 atom stereocenters. The largest absolute Gasteiger partial charge is 0.460 e. The van der Waals surface area contributed by atoms with Gasteiger partial charge in [-0.05, 0) is 18.1 Å². The first-order chi connectivity index (χ1) is 8.91. The summed E-state index contributed by atoms with van der Waals surface area (Å²) in [5, 5.41) is 0.464. The lowest BCUT2D eigenvalue weighted by molar-refractivity contribution is 0.0277. The molecule has 0 saturated carbocycles. The van der Waals surface area contributed by atoms with Crippen molar-refractivity contribution in [2.45, 2.75) is 13.8 Å². The van der Waals surface area contributed by atoms with Crippen molar-refractivity contribution in [1.82, 2.24) is 0 Å². The van der Waals surface area contributed by atoms with E-state index < -0.39 is 5.97 Å². The molecule has 106 valence electrons. The fraction of sp³-hybridized carbons (Fsp3) is 0.462. The maximum atomic E-state index is 11.7. The Labute approximate surface area is 122 Å². The van der Waals surface area contributed by atoms with E-state index in [9.17, 15) is 4.79 Å². The summed E-state index contributed by atoms with van der Waals surface area (Å²) in [5.74, 6) is -0.0534. The molecule has 0 fully saturated rings. The number of nitrogens with two attached hydrogens (primary N) is 1. The fourth-order valence-electron chi connectivity index (χ4n) is 1.30. The van der Waals surface area contributed by atoms with Gasteiger partial charge in [0, 0.05) is 6.61 Å². The third kappa shape index (κ3) is 5.27. The predicted octanol–water partition coefficient (Wildman–Crippen LogP) is 3.41. The topological polar surface area (TPSA) is 61.5 Å². The summed E-state index contributed by atoms with van der Waals surface area (Å²) in [5.41, 5.74) is 6.10. The zero-order valence-corrected chi connectivity index (χ0v) is 12.4. The molecule has 1 aromatic carbocycles. The zero-order valence-electron chi connectivity index (χ0n) is 10.9. The zero-order chi connectivity index (χ0) is 14.4. The summed E-state index contributed by atoms with van der Waals surface area (Å²) in [6.45, 7) is 5.28. The number of halogens is 2. The van der Waals surface area contributed by atoms with Crippen LogP contribution in [0.3, 0.4) is 0 Å². The molecule has 0 aliphatic rings. The molecule has 0 saturated heterocycles. The van der Waals surface area contributed by atoms with Crippen molar-refractivity contribution in [2.75, 3.05) is 25.6 Å². The molecule has 4 nitrogen and oxygen atoms in total. The molecule has 0 bridgehead atoms. The van der Waals surface area contributed by atoms with Crippen LogP contribution < -0.4 is 5.73 Å². The molecule has 6 heteroatoms. The summed E-state index contributed by atoms with van der Waals surface area (Å²) in [4.78, 5) is 11.7. The van der Waals surface area contributed by atoms with Crippen LogP contribution >= 0.6 is 23.2 Å². The first-order valence-electron chi connectivity index (χ1n) is 5.91. The molecule has 1 rings (SSSR count). The lowest BCUT2D eigenvalue weighted by atomic mass is 10.2.